The van der Waals surface area contributed by atoms with E-state index in [4.69, 9.17) is 16.4 Å². The van der Waals surface area contributed by atoms with Crippen molar-refractivity contribution < 1.29 is 4.84 Å². The van der Waals surface area contributed by atoms with Crippen molar-refractivity contribution in [3.63, 3.8) is 0 Å². The van der Waals surface area contributed by atoms with E-state index in [2.05, 4.69) is 37.7 Å². The first-order valence-corrected chi connectivity index (χ1v) is 6.83. The third-order valence-corrected chi connectivity index (χ3v) is 3.11. The zero-order valence-corrected chi connectivity index (χ0v) is 12.2. The lowest BCUT2D eigenvalue weighted by Crippen LogP contribution is -2.37. The molecular weight excluding hydrogens is 248 g/mol. The van der Waals surface area contributed by atoms with Gasteiger partial charge in [-0.15, -0.1) is 0 Å². The number of nitrogens with zero attached hydrogens (tertiary/aromatic N) is 2. The Morgan fingerprint density at radius 1 is 1.44 bits per heavy atom. The third-order valence-electron chi connectivity index (χ3n) is 2.90. The number of halogens is 1. The van der Waals surface area contributed by atoms with Gasteiger partial charge in [-0.25, -0.2) is 4.98 Å². The summed E-state index contributed by atoms with van der Waals surface area (Å²) in [5, 5.41) is 2.65. The molecule has 1 aromatic heterocycles. The Kier molecular flexibility index (Phi) is 3.95. The number of pyridine rings is 1. The van der Waals surface area contributed by atoms with Crippen molar-refractivity contribution in [1.29, 1.82) is 0 Å². The van der Waals surface area contributed by atoms with E-state index in [0.29, 0.717) is 11.2 Å². The van der Waals surface area contributed by atoms with Gasteiger partial charge in [-0.05, 0) is 58.2 Å². The molecule has 1 unspecified atom stereocenters. The molecule has 1 saturated carbocycles. The molecule has 0 saturated heterocycles. The first-order valence-electron chi connectivity index (χ1n) is 6.46. The molecule has 0 spiro atoms. The van der Waals surface area contributed by atoms with Crippen molar-refractivity contribution in [3.05, 3.63) is 29.0 Å². The van der Waals surface area contributed by atoms with Gasteiger partial charge >= 0.3 is 0 Å². The lowest BCUT2D eigenvalue weighted by atomic mass is 10.1. The van der Waals surface area contributed by atoms with Crippen LogP contribution in [-0.2, 0) is 4.84 Å². The quantitative estimate of drug-likeness (QED) is 0.610. The van der Waals surface area contributed by atoms with Crippen LogP contribution in [0, 0.1) is 0 Å². The summed E-state index contributed by atoms with van der Waals surface area (Å²) in [6.07, 6.45) is 4.16. The lowest BCUT2D eigenvalue weighted by molar-refractivity contribution is -0.255. The highest BCUT2D eigenvalue weighted by molar-refractivity contribution is 6.29. The Morgan fingerprint density at radius 2 is 2.11 bits per heavy atom. The van der Waals surface area contributed by atoms with Gasteiger partial charge in [-0.3, -0.25) is 4.84 Å². The van der Waals surface area contributed by atoms with Crippen molar-refractivity contribution in [2.45, 2.75) is 58.2 Å². The van der Waals surface area contributed by atoms with E-state index in [1.54, 1.807) is 6.20 Å². The fourth-order valence-corrected chi connectivity index (χ4v) is 2.12. The topological polar surface area (TPSA) is 25.4 Å². The summed E-state index contributed by atoms with van der Waals surface area (Å²) in [4.78, 5) is 10.1. The van der Waals surface area contributed by atoms with E-state index in [-0.39, 0.29) is 11.6 Å². The second kappa shape index (κ2) is 5.16. The van der Waals surface area contributed by atoms with Crippen LogP contribution in [0.15, 0.2) is 18.3 Å². The summed E-state index contributed by atoms with van der Waals surface area (Å²) in [6.45, 7) is 8.38. The van der Waals surface area contributed by atoms with E-state index in [0.717, 1.165) is 5.56 Å². The highest BCUT2D eigenvalue weighted by Crippen LogP contribution is 2.36. The van der Waals surface area contributed by atoms with Crippen molar-refractivity contribution in [2.24, 2.45) is 0 Å². The minimum absolute atomic E-state index is 0.173. The summed E-state index contributed by atoms with van der Waals surface area (Å²) in [7, 11) is 0. The van der Waals surface area contributed by atoms with Gasteiger partial charge in [-0.2, -0.15) is 5.06 Å². The first-order chi connectivity index (χ1) is 8.37. The van der Waals surface area contributed by atoms with E-state index >= 15 is 0 Å². The molecule has 1 atom stereocenters. The predicted octanol–water partition coefficient (Wildman–Crippen LogP) is 3.99. The average molecular weight is 269 g/mol. The second-order valence-corrected chi connectivity index (χ2v) is 6.27. The highest BCUT2D eigenvalue weighted by atomic mass is 35.5. The van der Waals surface area contributed by atoms with Crippen LogP contribution in [0.25, 0.3) is 0 Å². The van der Waals surface area contributed by atoms with Crippen LogP contribution in [0.1, 0.15) is 52.1 Å². The average Bonchev–Trinajstić information content (AvgIpc) is 3.07. The van der Waals surface area contributed by atoms with Crippen molar-refractivity contribution >= 4 is 11.6 Å². The summed E-state index contributed by atoms with van der Waals surface area (Å²) < 4.78 is 0. The number of aromatic nitrogens is 1. The summed E-state index contributed by atoms with van der Waals surface area (Å²) >= 11 is 5.95. The largest absolute Gasteiger partial charge is 0.292 e. The Balaban J connectivity index is 2.15. The minimum atomic E-state index is -0.173. The maximum atomic E-state index is 6.09. The van der Waals surface area contributed by atoms with Crippen LogP contribution in [0.3, 0.4) is 0 Å². The Labute approximate surface area is 114 Å². The zero-order chi connectivity index (χ0) is 13.3. The van der Waals surface area contributed by atoms with Crippen LogP contribution in [0.4, 0.5) is 0 Å². The highest BCUT2D eigenvalue weighted by Gasteiger charge is 2.36. The summed E-state index contributed by atoms with van der Waals surface area (Å²) in [5.41, 5.74) is 0.972. The molecule has 100 valence electrons. The minimum Gasteiger partial charge on any atom is -0.292 e. The molecule has 0 N–H and O–H groups in total. The second-order valence-electron chi connectivity index (χ2n) is 5.88. The fraction of sp³-hybridized carbons (Fsp3) is 0.643. The molecule has 1 aromatic rings. The first kappa shape index (κ1) is 13.8. The van der Waals surface area contributed by atoms with Crippen LogP contribution in [0.5, 0.6) is 0 Å². The Hall–Kier alpha value is -0.640. The smallest absolute Gasteiger partial charge is 0.129 e. The lowest BCUT2D eigenvalue weighted by Gasteiger charge is -2.34. The van der Waals surface area contributed by atoms with Gasteiger partial charge < -0.3 is 0 Å². The third kappa shape index (κ3) is 3.67. The van der Waals surface area contributed by atoms with Crippen LogP contribution < -0.4 is 0 Å². The standard InChI is InChI=1S/C14H21ClN2O/c1-10(11-7-8-16-13(15)9-11)17(12-5-6-12)18-14(2,3)4/h7-10,12H,5-6H2,1-4H3. The van der Waals surface area contributed by atoms with Crippen LogP contribution >= 0.6 is 11.6 Å². The summed E-state index contributed by atoms with van der Waals surface area (Å²) in [5.74, 6) is 0. The number of hydrogen-bond donors (Lipinski definition) is 0. The molecule has 1 aliphatic rings. The molecule has 0 radical (unpaired) electrons. The Bertz CT molecular complexity index is 413. The van der Waals surface area contributed by atoms with Gasteiger partial charge in [0.25, 0.3) is 0 Å². The van der Waals surface area contributed by atoms with Crippen LogP contribution in [0.2, 0.25) is 5.15 Å². The molecule has 2 rings (SSSR count). The SMILES string of the molecule is CC(c1ccnc(Cl)c1)N(OC(C)(C)C)C1CC1. The maximum absolute atomic E-state index is 6.09. The Morgan fingerprint density at radius 3 is 2.61 bits per heavy atom. The van der Waals surface area contributed by atoms with E-state index < -0.39 is 0 Å². The molecule has 0 aromatic carbocycles. The molecule has 4 heteroatoms. The van der Waals surface area contributed by atoms with Crippen molar-refractivity contribution in [2.75, 3.05) is 0 Å². The van der Waals surface area contributed by atoms with E-state index in [9.17, 15) is 0 Å². The monoisotopic (exact) mass is 268 g/mol. The number of hydroxylamine groups is 2. The molecule has 1 heterocycles. The van der Waals surface area contributed by atoms with Gasteiger partial charge in [-0.1, -0.05) is 11.6 Å². The maximum Gasteiger partial charge on any atom is 0.129 e. The van der Waals surface area contributed by atoms with Crippen LogP contribution in [-0.4, -0.2) is 21.7 Å². The van der Waals surface area contributed by atoms with Gasteiger partial charge in [0.2, 0.25) is 0 Å². The predicted molar refractivity (Wildman–Crippen MR) is 73.4 cm³/mol. The molecule has 1 fully saturated rings. The molecule has 1 aliphatic carbocycles. The molecule has 18 heavy (non-hydrogen) atoms. The molecule has 0 amide bonds. The molecule has 0 bridgehead atoms. The molecular formula is C14H21ClN2O. The van der Waals surface area contributed by atoms with Gasteiger partial charge in [0.1, 0.15) is 5.15 Å². The number of hydrogen-bond acceptors (Lipinski definition) is 3. The van der Waals surface area contributed by atoms with E-state index in [1.807, 2.05) is 12.1 Å². The fourth-order valence-electron chi connectivity index (χ4n) is 1.94. The summed E-state index contributed by atoms with van der Waals surface area (Å²) in [6, 6.07) is 4.63. The van der Waals surface area contributed by atoms with Crippen molar-refractivity contribution in [1.82, 2.24) is 10.0 Å². The molecule has 3 nitrogen and oxygen atoms in total. The van der Waals surface area contributed by atoms with Gasteiger partial charge in [0.15, 0.2) is 0 Å². The van der Waals surface area contributed by atoms with E-state index in [1.165, 1.54) is 12.8 Å². The van der Waals surface area contributed by atoms with Gasteiger partial charge in [0, 0.05) is 12.2 Å². The van der Waals surface area contributed by atoms with Crippen molar-refractivity contribution in [3.8, 4) is 0 Å². The van der Waals surface area contributed by atoms with Gasteiger partial charge in [0.05, 0.1) is 11.6 Å². The molecule has 0 aliphatic heterocycles. The normalized spacial score (nSPS) is 18.1. The number of rotatable bonds is 4. The zero-order valence-electron chi connectivity index (χ0n) is 11.5.